The Morgan fingerprint density at radius 3 is 2.26 bits per heavy atom. The first kappa shape index (κ1) is 13.4. The topological polar surface area (TPSA) is 66.6 Å². The lowest BCUT2D eigenvalue weighted by Gasteiger charge is -2.20. The summed E-state index contributed by atoms with van der Waals surface area (Å²) < 4.78 is 5.22. The van der Waals surface area contributed by atoms with Crippen molar-refractivity contribution in [3.8, 4) is 0 Å². The first-order valence-corrected chi connectivity index (χ1v) is 6.10. The van der Waals surface area contributed by atoms with Gasteiger partial charge in [-0.25, -0.2) is 9.59 Å². The predicted molar refractivity (Wildman–Crippen MR) is 68.7 cm³/mol. The summed E-state index contributed by atoms with van der Waals surface area (Å²) in [5.41, 5.74) is 0.171. The molecule has 1 amide bonds. The maximum atomic E-state index is 12.0. The summed E-state index contributed by atoms with van der Waals surface area (Å²) in [5.74, 6) is -1.01. The number of carbonyl (C=O) groups excluding carboxylic acids is 1. The van der Waals surface area contributed by atoms with Gasteiger partial charge in [0.2, 0.25) is 0 Å². The molecule has 1 fully saturated rings. The number of aliphatic carboxylic acids is 1. The smallest absolute Gasteiger partial charge is 0.411 e. The van der Waals surface area contributed by atoms with Crippen molar-refractivity contribution in [2.24, 2.45) is 0 Å². The zero-order valence-electron chi connectivity index (χ0n) is 11.2. The van der Waals surface area contributed by atoms with E-state index in [1.807, 2.05) is 30.3 Å². The van der Waals surface area contributed by atoms with Gasteiger partial charge in [-0.05, 0) is 26.3 Å². The van der Waals surface area contributed by atoms with E-state index in [0.29, 0.717) is 0 Å². The highest BCUT2D eigenvalue weighted by Crippen LogP contribution is 2.44. The van der Waals surface area contributed by atoms with Crippen molar-refractivity contribution < 1.29 is 19.4 Å². The number of nitrogens with zero attached hydrogens (tertiary/aromatic N) is 1. The second kappa shape index (κ2) is 4.57. The molecule has 0 bridgehead atoms. The number of hydrogen-bond donors (Lipinski definition) is 1. The van der Waals surface area contributed by atoms with Crippen LogP contribution in [0.3, 0.4) is 0 Å². The molecule has 0 spiro atoms. The summed E-state index contributed by atoms with van der Waals surface area (Å²) in [6.45, 7) is 5.26. The van der Waals surface area contributed by atoms with Crippen LogP contribution < -0.4 is 0 Å². The lowest BCUT2D eigenvalue weighted by atomic mass is 10.1. The Morgan fingerprint density at radius 1 is 1.21 bits per heavy atom. The molecule has 19 heavy (non-hydrogen) atoms. The van der Waals surface area contributed by atoms with Gasteiger partial charge in [-0.15, -0.1) is 0 Å². The molecule has 1 heterocycles. The monoisotopic (exact) mass is 263 g/mol. The fourth-order valence-electron chi connectivity index (χ4n) is 2.02. The van der Waals surface area contributed by atoms with E-state index in [1.165, 1.54) is 4.90 Å². The summed E-state index contributed by atoms with van der Waals surface area (Å²) >= 11 is 0. The molecule has 0 radical (unpaired) electrons. The van der Waals surface area contributed by atoms with Crippen molar-refractivity contribution in [2.45, 2.75) is 38.5 Å². The van der Waals surface area contributed by atoms with Gasteiger partial charge < -0.3 is 9.84 Å². The van der Waals surface area contributed by atoms with Crippen LogP contribution in [0.4, 0.5) is 4.79 Å². The minimum atomic E-state index is -1.01. The van der Waals surface area contributed by atoms with Gasteiger partial charge in [0.15, 0.2) is 6.04 Å². The number of carboxylic acids is 1. The Hall–Kier alpha value is -2.04. The van der Waals surface area contributed by atoms with Crippen LogP contribution in [0.15, 0.2) is 30.3 Å². The van der Waals surface area contributed by atoms with Crippen LogP contribution in [-0.2, 0) is 9.53 Å². The first-order chi connectivity index (χ1) is 8.81. The van der Waals surface area contributed by atoms with E-state index in [-0.39, 0.29) is 0 Å². The van der Waals surface area contributed by atoms with Gasteiger partial charge in [0, 0.05) is 0 Å². The average Bonchev–Trinajstić information content (AvgIpc) is 3.03. The van der Waals surface area contributed by atoms with Crippen molar-refractivity contribution in [1.29, 1.82) is 0 Å². The Labute approximate surface area is 111 Å². The number of amides is 1. The fourth-order valence-corrected chi connectivity index (χ4v) is 2.02. The number of hydrogen-bond acceptors (Lipinski definition) is 3. The normalized spacial score (nSPS) is 21.9. The Bertz CT molecular complexity index is 492. The van der Waals surface area contributed by atoms with E-state index in [2.05, 4.69) is 0 Å². The molecule has 1 aromatic rings. The molecule has 5 nitrogen and oxygen atoms in total. The maximum Gasteiger partial charge on any atom is 0.411 e. The minimum Gasteiger partial charge on any atom is -0.480 e. The summed E-state index contributed by atoms with van der Waals surface area (Å²) in [6.07, 6.45) is -0.589. The third kappa shape index (κ3) is 2.86. The first-order valence-electron chi connectivity index (χ1n) is 6.10. The molecule has 0 saturated carbocycles. The molecule has 1 saturated heterocycles. The quantitative estimate of drug-likeness (QED) is 0.832. The van der Waals surface area contributed by atoms with Crippen LogP contribution in [0.25, 0.3) is 0 Å². The summed E-state index contributed by atoms with van der Waals surface area (Å²) in [4.78, 5) is 24.4. The molecule has 5 heteroatoms. The second-order valence-electron chi connectivity index (χ2n) is 5.53. The third-order valence-electron chi connectivity index (χ3n) is 2.81. The number of benzene rings is 1. The lowest BCUT2D eigenvalue weighted by Crippen LogP contribution is -2.29. The maximum absolute atomic E-state index is 12.0. The van der Waals surface area contributed by atoms with Crippen LogP contribution in [-0.4, -0.2) is 33.7 Å². The van der Waals surface area contributed by atoms with E-state index >= 15 is 0 Å². The highest BCUT2D eigenvalue weighted by Gasteiger charge is 2.58. The Balaban J connectivity index is 2.17. The van der Waals surface area contributed by atoms with Gasteiger partial charge in [0.1, 0.15) is 5.60 Å². The molecule has 0 aliphatic carbocycles. The molecule has 0 aromatic heterocycles. The van der Waals surface area contributed by atoms with Crippen LogP contribution >= 0.6 is 0 Å². The van der Waals surface area contributed by atoms with Crippen molar-refractivity contribution in [3.05, 3.63) is 35.9 Å². The molecule has 1 aliphatic rings. The largest absolute Gasteiger partial charge is 0.480 e. The summed E-state index contributed by atoms with van der Waals surface area (Å²) in [7, 11) is 0. The number of ether oxygens (including phenoxy) is 1. The van der Waals surface area contributed by atoms with E-state index in [1.54, 1.807) is 20.8 Å². The zero-order valence-corrected chi connectivity index (χ0v) is 11.2. The zero-order chi connectivity index (χ0) is 14.2. The van der Waals surface area contributed by atoms with Gasteiger partial charge in [-0.1, -0.05) is 30.3 Å². The van der Waals surface area contributed by atoms with Gasteiger partial charge in [0.05, 0.1) is 6.04 Å². The summed E-state index contributed by atoms with van der Waals surface area (Å²) in [5, 5.41) is 9.15. The Morgan fingerprint density at radius 2 is 1.79 bits per heavy atom. The van der Waals surface area contributed by atoms with Crippen molar-refractivity contribution in [2.75, 3.05) is 0 Å². The highest BCUT2D eigenvalue weighted by molar-refractivity contribution is 5.87. The summed E-state index contributed by atoms with van der Waals surface area (Å²) in [6, 6.07) is 7.83. The molecule has 1 aliphatic heterocycles. The highest BCUT2D eigenvalue weighted by atomic mass is 16.6. The van der Waals surface area contributed by atoms with E-state index in [4.69, 9.17) is 9.84 Å². The van der Waals surface area contributed by atoms with Crippen molar-refractivity contribution in [3.63, 3.8) is 0 Å². The van der Waals surface area contributed by atoms with Crippen LogP contribution in [0.2, 0.25) is 0 Å². The van der Waals surface area contributed by atoms with Crippen LogP contribution in [0.1, 0.15) is 32.4 Å². The average molecular weight is 263 g/mol. The van der Waals surface area contributed by atoms with E-state index in [9.17, 15) is 9.59 Å². The number of rotatable bonds is 2. The lowest BCUT2D eigenvalue weighted by molar-refractivity contribution is -0.137. The van der Waals surface area contributed by atoms with Crippen LogP contribution in [0, 0.1) is 0 Å². The SMILES string of the molecule is CC(C)(C)OC(=O)N1C(C(=O)O)C1c1ccccc1. The Kier molecular flexibility index (Phi) is 3.22. The van der Waals surface area contributed by atoms with E-state index < -0.39 is 29.7 Å². The number of carbonyl (C=O) groups is 2. The molecule has 102 valence electrons. The number of carboxylic acid groups (broad SMARTS) is 1. The molecule has 1 N–H and O–H groups in total. The second-order valence-corrected chi connectivity index (χ2v) is 5.53. The van der Waals surface area contributed by atoms with Crippen LogP contribution in [0.5, 0.6) is 0 Å². The standard InChI is InChI=1S/C14H17NO4/c1-14(2,3)19-13(18)15-10(11(15)12(16)17)9-7-5-4-6-8-9/h4-8,10-11H,1-3H3,(H,16,17). The molecule has 2 atom stereocenters. The molecule has 2 unspecified atom stereocenters. The van der Waals surface area contributed by atoms with Gasteiger partial charge in [-0.2, -0.15) is 0 Å². The van der Waals surface area contributed by atoms with Gasteiger partial charge in [-0.3, -0.25) is 4.90 Å². The van der Waals surface area contributed by atoms with Crippen molar-refractivity contribution >= 4 is 12.1 Å². The molecular weight excluding hydrogens is 246 g/mol. The molecular formula is C14H17NO4. The van der Waals surface area contributed by atoms with Crippen molar-refractivity contribution in [1.82, 2.24) is 4.90 Å². The van der Waals surface area contributed by atoms with Gasteiger partial charge in [0.25, 0.3) is 0 Å². The fraction of sp³-hybridized carbons (Fsp3) is 0.429. The minimum absolute atomic E-state index is 0.437. The molecule has 2 rings (SSSR count). The van der Waals surface area contributed by atoms with Gasteiger partial charge >= 0.3 is 12.1 Å². The predicted octanol–water partition coefficient (Wildman–Crippen LogP) is 2.43. The van der Waals surface area contributed by atoms with E-state index in [0.717, 1.165) is 5.56 Å². The molecule has 1 aromatic carbocycles. The third-order valence-corrected chi connectivity index (χ3v) is 2.81.